The van der Waals surface area contributed by atoms with Gasteiger partial charge in [0.25, 0.3) is 0 Å². The van der Waals surface area contributed by atoms with Crippen LogP contribution in [0.25, 0.3) is 179 Å². The van der Waals surface area contributed by atoms with Gasteiger partial charge in [-0.05, 0) is 137 Å². The summed E-state index contributed by atoms with van der Waals surface area (Å²) in [6.07, 6.45) is 0. The molecule has 0 bridgehead atoms. The fourth-order valence-corrected chi connectivity index (χ4v) is 13.9. The van der Waals surface area contributed by atoms with E-state index >= 15 is 0 Å². The molecule has 0 N–H and O–H groups in total. The minimum atomic E-state index is 0.0613. The monoisotopic (exact) mass is 1340 g/mol. The van der Waals surface area contributed by atoms with Crippen molar-refractivity contribution in [3.05, 3.63) is 332 Å². The van der Waals surface area contributed by atoms with Crippen molar-refractivity contribution in [1.82, 2.24) is 24.1 Å². The molecule has 18 heteroatoms. The molecule has 0 spiro atoms. The zero-order chi connectivity index (χ0) is 73.4. The molecule has 0 atom stereocenters. The van der Waals surface area contributed by atoms with E-state index in [1.807, 2.05) is 143 Å². The van der Waals surface area contributed by atoms with Crippen LogP contribution in [0.3, 0.4) is 0 Å². The number of benzene rings is 12. The topological polar surface area (TPSA) is 222 Å². The molecule has 0 saturated carbocycles. The molecule has 3 aromatic heterocycles. The van der Waals surface area contributed by atoms with Gasteiger partial charge in [0.1, 0.15) is 0 Å². The third-order valence-corrected chi connectivity index (χ3v) is 18.5. The minimum absolute atomic E-state index is 0.0613. The van der Waals surface area contributed by atoms with Crippen LogP contribution in [0, 0.1) is 114 Å². The smallest absolute Gasteiger partial charge is 0.197 e. The lowest BCUT2D eigenvalue weighted by Crippen LogP contribution is -2.04. The van der Waals surface area contributed by atoms with Gasteiger partial charge in [0.05, 0.1) is 121 Å². The van der Waals surface area contributed by atoms with Crippen LogP contribution in [-0.4, -0.2) is 24.1 Å². The third kappa shape index (κ3) is 10.7. The van der Waals surface area contributed by atoms with Crippen molar-refractivity contribution in [1.29, 1.82) is 31.6 Å². The molecule has 0 amide bonds. The predicted molar refractivity (Wildman–Crippen MR) is 404 cm³/mol. The second kappa shape index (κ2) is 26.5. The Hall–Kier alpha value is -17.4. The molecule has 18 nitrogen and oxygen atoms in total. The molecule has 12 aromatic carbocycles. The maximum atomic E-state index is 10.7. The molecule has 0 radical (unpaired) electrons. The minimum Gasteiger partial charge on any atom is -0.310 e. The Balaban J connectivity index is 1.08. The number of aromatic nitrogens is 5. The van der Waals surface area contributed by atoms with Crippen LogP contribution >= 0.6 is 0 Å². The standard InChI is InChI=1S/C88H36N18/c1-95-63-35-61(48-93)83(73(42-63)100-6)56-22-27-76-66(39-56)65-37-54(81-59(46-91)31-50(44-89)33-71(81)98-4)21-26-75(65)105(76)79-30-25-58(88-103-86(52-15-10-8-11-16-52)102-87(104-88)53-17-12-9-13-18-53)41-69(79)85-70(97-3)19-14-20-80(85)106-77-28-23-55(82-60(47-92)32-51(45-90)34-72(82)99-5)38-67(77)68-40-57(24-29-78(68)106)84-62(49-94)36-64(96-2)43-74(84)101-7/h8-43H. The van der Waals surface area contributed by atoms with Crippen LogP contribution in [0.15, 0.2) is 218 Å². The summed E-state index contributed by atoms with van der Waals surface area (Å²) in [4.78, 5) is 42.0. The highest BCUT2D eigenvalue weighted by atomic mass is 15.0. The van der Waals surface area contributed by atoms with Crippen LogP contribution in [0.2, 0.25) is 0 Å². The van der Waals surface area contributed by atoms with Crippen molar-refractivity contribution in [3.63, 3.8) is 0 Å². The normalized spacial score (nSPS) is 10.5. The van der Waals surface area contributed by atoms with Gasteiger partial charge in [0.2, 0.25) is 0 Å². The summed E-state index contributed by atoms with van der Waals surface area (Å²) in [5.74, 6) is 1.03. The van der Waals surface area contributed by atoms with E-state index in [1.54, 1.807) is 36.4 Å². The first-order valence-electron chi connectivity index (χ1n) is 32.0. The Kier molecular flexibility index (Phi) is 16.1. The lowest BCUT2D eigenvalue weighted by atomic mass is 9.94. The zero-order valence-electron chi connectivity index (χ0n) is 54.8. The molecule has 0 aliphatic carbocycles. The molecule has 478 valence electrons. The van der Waals surface area contributed by atoms with Crippen molar-refractivity contribution in [2.24, 2.45) is 0 Å². The van der Waals surface area contributed by atoms with Crippen LogP contribution in [-0.2, 0) is 0 Å². The van der Waals surface area contributed by atoms with Crippen molar-refractivity contribution in [3.8, 4) is 138 Å². The second-order valence-electron chi connectivity index (χ2n) is 24.1. The van der Waals surface area contributed by atoms with Gasteiger partial charge in [-0.1, -0.05) is 109 Å². The van der Waals surface area contributed by atoms with Gasteiger partial charge in [-0.3, -0.25) is 0 Å². The fraction of sp³-hybridized carbons (Fsp3) is 0. The van der Waals surface area contributed by atoms with Crippen LogP contribution in [0.1, 0.15) is 33.4 Å². The van der Waals surface area contributed by atoms with E-state index in [1.165, 1.54) is 48.5 Å². The summed E-state index contributed by atoms with van der Waals surface area (Å²) in [5.41, 5.74) is 10.3. The van der Waals surface area contributed by atoms with Crippen LogP contribution < -0.4 is 0 Å². The van der Waals surface area contributed by atoms with E-state index < -0.39 is 0 Å². The predicted octanol–water partition coefficient (Wildman–Crippen LogP) is 22.5. The molecule has 3 heterocycles. The van der Waals surface area contributed by atoms with E-state index in [9.17, 15) is 38.1 Å². The zero-order valence-corrected chi connectivity index (χ0v) is 54.8. The largest absolute Gasteiger partial charge is 0.310 e. The number of fused-ring (bicyclic) bond motifs is 6. The molecule has 0 saturated heterocycles. The maximum Gasteiger partial charge on any atom is 0.197 e. The summed E-state index contributed by atoms with van der Waals surface area (Å²) in [7, 11) is 0. The van der Waals surface area contributed by atoms with Crippen LogP contribution in [0.5, 0.6) is 0 Å². The highest BCUT2D eigenvalue weighted by molar-refractivity contribution is 6.16. The molecule has 0 unspecified atom stereocenters. The highest BCUT2D eigenvalue weighted by Crippen LogP contribution is 2.50. The number of nitrogens with zero attached hydrogens (tertiary/aromatic N) is 18. The molecule has 0 fully saturated rings. The SMILES string of the molecule is [C-]#[N+]c1cc(C#N)c(-c2ccc3c(c2)c2cc(-c4c(C#N)cc(C#N)cc4[N+]#[C-])ccc2n3-c2ccc(-c3nc(-c4ccccc4)nc(-c4ccccc4)n3)cc2-c2c([N+]#[C-])cccc2-n2c3ccc(-c4c(C#N)cc(C#N)cc4[N+]#[C-])cc3c3cc(-c4c(C#N)cc([N+]#[C-])cc4[N+]#[C-])ccc32)c([N+]#[C-])c1. The molecular formula is C88H36N18. The Morgan fingerprint density at radius 3 is 0.972 bits per heavy atom. The molecule has 0 aliphatic heterocycles. The van der Waals surface area contributed by atoms with E-state index in [0.29, 0.717) is 117 Å². The lowest BCUT2D eigenvalue weighted by Gasteiger charge is -2.21. The molecule has 106 heavy (non-hydrogen) atoms. The number of nitriles is 6. The van der Waals surface area contributed by atoms with E-state index in [2.05, 4.69) is 70.3 Å². The van der Waals surface area contributed by atoms with Crippen molar-refractivity contribution in [2.75, 3.05) is 0 Å². The quantitative estimate of drug-likeness (QED) is 0.119. The van der Waals surface area contributed by atoms with Gasteiger partial charge in [0, 0.05) is 94.0 Å². The summed E-state index contributed by atoms with van der Waals surface area (Å²) >= 11 is 0. The Labute approximate surface area is 605 Å². The summed E-state index contributed by atoms with van der Waals surface area (Å²) in [6, 6.07) is 76.4. The van der Waals surface area contributed by atoms with E-state index in [0.717, 1.165) is 0 Å². The van der Waals surface area contributed by atoms with Crippen molar-refractivity contribution >= 4 is 83.4 Å². The Morgan fingerprint density at radius 1 is 0.264 bits per heavy atom. The number of hydrogen-bond donors (Lipinski definition) is 0. The highest BCUT2D eigenvalue weighted by Gasteiger charge is 2.28. The number of rotatable bonds is 10. The lowest BCUT2D eigenvalue weighted by molar-refractivity contribution is 1.07. The summed E-state index contributed by atoms with van der Waals surface area (Å²) in [5, 5.41) is 65.1. The average molecular weight is 1350 g/mol. The molecule has 0 aliphatic rings. The number of hydrogen-bond acceptors (Lipinski definition) is 9. The van der Waals surface area contributed by atoms with E-state index in [-0.39, 0.29) is 101 Å². The van der Waals surface area contributed by atoms with E-state index in [4.69, 9.17) is 54.4 Å². The van der Waals surface area contributed by atoms with Gasteiger partial charge < -0.3 is 9.13 Å². The first-order chi connectivity index (χ1) is 51.9. The first-order valence-corrected chi connectivity index (χ1v) is 32.0. The average Bonchev–Trinajstić information content (AvgIpc) is 1.55. The third-order valence-electron chi connectivity index (χ3n) is 18.5. The maximum absolute atomic E-state index is 10.7. The van der Waals surface area contributed by atoms with Gasteiger partial charge in [0.15, 0.2) is 57.3 Å². The molecular weight excluding hydrogens is 1310 g/mol. The Morgan fingerprint density at radius 2 is 0.613 bits per heavy atom. The summed E-state index contributed by atoms with van der Waals surface area (Å²) < 4.78 is 4.02. The first kappa shape index (κ1) is 64.6. The van der Waals surface area contributed by atoms with Gasteiger partial charge in [-0.2, -0.15) is 31.6 Å². The van der Waals surface area contributed by atoms with Crippen molar-refractivity contribution < 1.29 is 0 Å². The van der Waals surface area contributed by atoms with Crippen molar-refractivity contribution in [2.45, 2.75) is 0 Å². The van der Waals surface area contributed by atoms with Crippen LogP contribution in [0.4, 0.5) is 39.8 Å². The molecule has 15 aromatic rings. The van der Waals surface area contributed by atoms with Gasteiger partial charge >= 0.3 is 0 Å². The van der Waals surface area contributed by atoms with Gasteiger partial charge in [-0.25, -0.2) is 48.9 Å². The fourth-order valence-electron chi connectivity index (χ4n) is 13.9. The second-order valence-corrected chi connectivity index (χ2v) is 24.1. The Bertz CT molecular complexity index is 6560. The molecule has 15 rings (SSSR count). The summed E-state index contributed by atoms with van der Waals surface area (Å²) in [6.45, 7) is 58.1. The van der Waals surface area contributed by atoms with Gasteiger partial charge in [-0.15, -0.1) is 0 Å².